The number of amides is 9. The fraction of sp³-hybridized carbons (Fsp3) is 0.253. The van der Waals surface area contributed by atoms with Gasteiger partial charge in [-0.3, -0.25) is 43.8 Å². The Bertz CT molecular complexity index is 5840. The van der Waals surface area contributed by atoms with Crippen LogP contribution >= 0.6 is 23.2 Å². The molecule has 2 atom stereocenters. The molecule has 648 valence electrons. The number of nitrogen functional groups attached to an aromatic ring is 1. The molecule has 125 heavy (non-hydrogen) atoms. The number of carbonyl (C=O) groups is 6. The van der Waals surface area contributed by atoms with Gasteiger partial charge in [-0.2, -0.15) is 15.0 Å². The highest BCUT2D eigenvalue weighted by Gasteiger charge is 2.43. The molecular formula is C87H90Cl2N20O15S. The Kier molecular flexibility index (Phi) is 28.1. The van der Waals surface area contributed by atoms with Crippen LogP contribution in [0.5, 0.6) is 34.5 Å². The lowest BCUT2D eigenvalue weighted by Gasteiger charge is -2.43. The van der Waals surface area contributed by atoms with E-state index in [0.717, 1.165) is 36.8 Å². The van der Waals surface area contributed by atoms with Gasteiger partial charge in [0.2, 0.25) is 35.6 Å². The van der Waals surface area contributed by atoms with Crippen molar-refractivity contribution in [3.63, 3.8) is 0 Å². The SMILES string of the molecule is C=CC(=O)NC1CCCCC1Nc1ncc2c(n1)N(Cc1cccc(CS(C)(=O)=O)c1)C(=O)N(c1c(Cl)c(OC)cc(OC)c1Cl)C2.C=CC(=O)Nc1ccccc1Nc1ncc2c(n1)N(C1COC1)C(=O)N(c1cc(OC)cc(OC)c1)C2.C=CC(=O)Nc1ccccc1Nc1ncc2c(n1)N(Cc1ccnc(N)c1)C(=O)N(c1cc(OC)cc(OC)c1)C2. The zero-order chi connectivity index (χ0) is 88.8. The number of ether oxygens (including phenoxy) is 7. The topological polar surface area (TPSA) is 409 Å². The van der Waals surface area contributed by atoms with Crippen molar-refractivity contribution in [2.24, 2.45) is 0 Å². The third-order valence-electron chi connectivity index (χ3n) is 20.5. The standard InChI is InChI=1S/C32H36Cl2N6O6S.C29H28N8O4.C26H26N6O5/c1-5-26(41)36-22-11-6-7-12-23(22)37-31-35-15-21-17-39(29-27(33)24(45-2)14-25(46-3)28(29)34)32(42)40(30(21)38-31)16-19-9-8-10-20(13-19)18-47(4,43)44;1-4-26(38)33-23-7-5-6-8-24(23)34-28-32-15-19-17-36(20-12-21(40-2)14-22(13-20)41-3)29(39)37(27(19)35-28)16-18-9-10-31-25(30)11-18;1-4-23(33)28-21-7-5-6-8-22(21)29-25-27-12-16-13-31(17-9-19(35-2)11-20(10-17)36-3)26(34)32(24(16)30-25)18-14-37-15-18/h5,8-10,13-15,22-23H,1,6-7,11-12,16-18H2,2-4H3,(H,36,41)(H,35,37,38);4-15H,1,16-17H2,2-3H3,(H2,30,31)(H,33,38)(H,32,34,35);4-12,18H,1,13-15H2,2-3H3,(H,28,33)(H,27,29,30). The van der Waals surface area contributed by atoms with Crippen LogP contribution in [0.15, 0.2) is 190 Å². The van der Waals surface area contributed by atoms with Gasteiger partial charge in [0.1, 0.15) is 67.8 Å². The normalized spacial score (nSPS) is 15.2. The molecule has 10 aromatic rings. The van der Waals surface area contributed by atoms with Gasteiger partial charge >= 0.3 is 18.1 Å². The maximum Gasteiger partial charge on any atom is 0.330 e. The van der Waals surface area contributed by atoms with E-state index in [2.05, 4.69) is 71.6 Å². The predicted octanol–water partition coefficient (Wildman–Crippen LogP) is 13.7. The number of carbonyl (C=O) groups excluding carboxylic acids is 6. The van der Waals surface area contributed by atoms with Gasteiger partial charge in [-0.15, -0.1) is 0 Å². The second-order valence-corrected chi connectivity index (χ2v) is 31.8. The van der Waals surface area contributed by atoms with Crippen molar-refractivity contribution in [2.75, 3.05) is 124 Å². The van der Waals surface area contributed by atoms with Crippen LogP contribution < -0.4 is 95.5 Å². The van der Waals surface area contributed by atoms with Gasteiger partial charge in [0.05, 0.1) is 140 Å². The molecular weight excluding hydrogens is 1670 g/mol. The average molecular weight is 1760 g/mol. The summed E-state index contributed by atoms with van der Waals surface area (Å²) < 4.78 is 62.0. The highest BCUT2D eigenvalue weighted by atomic mass is 35.5. The summed E-state index contributed by atoms with van der Waals surface area (Å²) in [5.74, 6) is 4.15. The summed E-state index contributed by atoms with van der Waals surface area (Å²) in [6.07, 6.45) is 14.9. The molecule has 2 fully saturated rings. The fourth-order valence-electron chi connectivity index (χ4n) is 14.3. The molecule has 1 saturated heterocycles. The molecule has 0 spiro atoms. The monoisotopic (exact) mass is 1760 g/mol. The fourth-order valence-corrected chi connectivity index (χ4v) is 15.8. The Labute approximate surface area is 730 Å². The van der Waals surface area contributed by atoms with E-state index < -0.39 is 15.9 Å². The largest absolute Gasteiger partial charge is 0.497 e. The van der Waals surface area contributed by atoms with Crippen LogP contribution in [0.4, 0.5) is 95.3 Å². The molecule has 35 nitrogen and oxygen atoms in total. The minimum Gasteiger partial charge on any atom is -0.497 e. The van der Waals surface area contributed by atoms with Gasteiger partial charge in [-0.1, -0.05) is 104 Å². The Morgan fingerprint density at radius 3 is 1.45 bits per heavy atom. The van der Waals surface area contributed by atoms with E-state index in [0.29, 0.717) is 122 Å². The summed E-state index contributed by atoms with van der Waals surface area (Å²) in [5.41, 5.74) is 13.7. The first kappa shape index (κ1) is 88.4. The smallest absolute Gasteiger partial charge is 0.330 e. The maximum absolute atomic E-state index is 14.4. The van der Waals surface area contributed by atoms with Crippen LogP contribution in [0.1, 0.15) is 59.1 Å². The molecule has 4 aliphatic heterocycles. The van der Waals surface area contributed by atoms with E-state index in [1.165, 1.54) is 48.5 Å². The number of para-hydroxylation sites is 4. The number of anilines is 14. The first-order valence-electron chi connectivity index (χ1n) is 39.1. The highest BCUT2D eigenvalue weighted by molar-refractivity contribution is 7.89. The lowest BCUT2D eigenvalue weighted by atomic mass is 9.90. The molecule has 38 heteroatoms. The molecule has 0 bridgehead atoms. The number of halogens is 2. The zero-order valence-corrected chi connectivity index (χ0v) is 71.5. The third kappa shape index (κ3) is 20.9. The number of hydrogen-bond acceptors (Lipinski definition) is 26. The van der Waals surface area contributed by atoms with E-state index in [9.17, 15) is 37.2 Å². The second kappa shape index (κ2) is 39.7. The van der Waals surface area contributed by atoms with Gasteiger partial charge < -0.3 is 70.8 Å². The summed E-state index contributed by atoms with van der Waals surface area (Å²) >= 11 is 13.5. The number of pyridine rings is 1. The minimum absolute atomic E-state index is 0.0380. The molecule has 1 saturated carbocycles. The Morgan fingerprint density at radius 1 is 0.520 bits per heavy atom. The number of hydrogen-bond donors (Lipinski definition) is 7. The molecule has 8 heterocycles. The van der Waals surface area contributed by atoms with E-state index >= 15 is 0 Å². The summed E-state index contributed by atoms with van der Waals surface area (Å²) in [6, 6.07) is 35.5. The lowest BCUT2D eigenvalue weighted by Crippen LogP contribution is -2.58. The van der Waals surface area contributed by atoms with E-state index in [1.807, 2.05) is 18.2 Å². The molecule has 4 aromatic heterocycles. The van der Waals surface area contributed by atoms with E-state index in [-0.39, 0.29) is 126 Å². The molecule has 5 aliphatic rings. The van der Waals surface area contributed by atoms with Gasteiger partial charge in [0.25, 0.3) is 0 Å². The Hall–Kier alpha value is -14.4. The number of sulfone groups is 1. The molecule has 0 radical (unpaired) electrons. The van der Waals surface area contributed by atoms with Crippen molar-refractivity contribution in [3.8, 4) is 34.5 Å². The number of nitrogens with zero attached hydrogens (tertiary/aromatic N) is 13. The van der Waals surface area contributed by atoms with Crippen LogP contribution in [0.2, 0.25) is 10.0 Å². The van der Waals surface area contributed by atoms with E-state index in [1.54, 1.807) is 182 Å². The van der Waals surface area contributed by atoms with Gasteiger partial charge in [0, 0.05) is 102 Å². The number of nitrogens with one attached hydrogen (secondary N) is 6. The van der Waals surface area contributed by atoms with Crippen molar-refractivity contribution in [1.82, 2.24) is 40.2 Å². The second-order valence-electron chi connectivity index (χ2n) is 28.9. The van der Waals surface area contributed by atoms with Crippen molar-refractivity contribution in [2.45, 2.75) is 82.3 Å². The molecule has 1 aliphatic carbocycles. The third-order valence-corrected chi connectivity index (χ3v) is 22.1. The van der Waals surface area contributed by atoms with Crippen LogP contribution in [-0.2, 0) is 67.4 Å². The first-order valence-corrected chi connectivity index (χ1v) is 41.9. The number of benzene rings is 6. The van der Waals surface area contributed by atoms with E-state index in [4.69, 9.17) is 77.0 Å². The van der Waals surface area contributed by atoms with Crippen molar-refractivity contribution >= 4 is 150 Å². The number of nitrogens with two attached hydrogens (primary N) is 1. The summed E-state index contributed by atoms with van der Waals surface area (Å²) in [5, 5.41) is 18.4. The summed E-state index contributed by atoms with van der Waals surface area (Å²) in [4.78, 5) is 119. The quantitative estimate of drug-likeness (QED) is 0.0224. The van der Waals surface area contributed by atoms with Crippen LogP contribution in [0.25, 0.3) is 0 Å². The number of aromatic nitrogens is 7. The predicted molar refractivity (Wildman–Crippen MR) is 478 cm³/mol. The first-order chi connectivity index (χ1) is 60.3. The molecule has 2 unspecified atom stereocenters. The molecule has 9 amide bonds. The summed E-state index contributed by atoms with van der Waals surface area (Å²) in [7, 11) is 5.83. The summed E-state index contributed by atoms with van der Waals surface area (Å²) in [6.45, 7) is 12.1. The lowest BCUT2D eigenvalue weighted by molar-refractivity contribution is -0.117. The Balaban J connectivity index is 0.000000162. The van der Waals surface area contributed by atoms with Crippen LogP contribution in [0.3, 0.4) is 0 Å². The van der Waals surface area contributed by atoms with Gasteiger partial charge in [-0.05, 0) is 84.2 Å². The van der Waals surface area contributed by atoms with Crippen molar-refractivity contribution in [3.05, 3.63) is 234 Å². The maximum atomic E-state index is 14.4. The van der Waals surface area contributed by atoms with Gasteiger partial charge in [0.15, 0.2) is 9.84 Å². The average Bonchev–Trinajstić information content (AvgIpc) is 0.751. The van der Waals surface area contributed by atoms with Gasteiger partial charge in [-0.25, -0.2) is 42.7 Å². The van der Waals surface area contributed by atoms with Crippen LogP contribution in [0, 0.1) is 0 Å². The number of methoxy groups -OCH3 is 6. The molecule has 15 rings (SSSR count). The highest BCUT2D eigenvalue weighted by Crippen LogP contribution is 2.49. The minimum atomic E-state index is -3.29. The Morgan fingerprint density at radius 2 is 0.968 bits per heavy atom. The zero-order valence-electron chi connectivity index (χ0n) is 69.2. The number of urea groups is 3. The molecule has 8 N–H and O–H groups in total. The number of fused-ring (bicyclic) bond motifs is 3. The molecule has 6 aromatic carbocycles. The van der Waals surface area contributed by atoms with Crippen LogP contribution in [-0.4, -0.2) is 159 Å². The van der Waals surface area contributed by atoms with Crippen molar-refractivity contribution in [1.29, 1.82) is 0 Å². The van der Waals surface area contributed by atoms with Crippen molar-refractivity contribution < 1.29 is 70.3 Å². The number of rotatable bonds is 28.